The lowest BCUT2D eigenvalue weighted by Gasteiger charge is -2.34. The molecule has 1 unspecified atom stereocenters. The Hall–Kier alpha value is -3.90. The Labute approximate surface area is 227 Å². The molecule has 198 valence electrons. The largest absolute Gasteiger partial charge is 0.488 e. The molecular weight excluding hydrogens is 490 g/mol. The Morgan fingerprint density at radius 1 is 0.949 bits per heavy atom. The second-order valence-corrected chi connectivity index (χ2v) is 10.5. The molecule has 4 aromatic rings. The highest BCUT2D eigenvalue weighted by molar-refractivity contribution is 5.96. The minimum Gasteiger partial charge on any atom is -0.488 e. The first-order valence-corrected chi connectivity index (χ1v) is 13.7. The molecule has 8 nitrogen and oxygen atoms in total. The lowest BCUT2D eigenvalue weighted by Crippen LogP contribution is -2.48. The fourth-order valence-corrected chi connectivity index (χ4v) is 5.79. The molecule has 7 rings (SSSR count). The van der Waals surface area contributed by atoms with E-state index in [-0.39, 0.29) is 6.10 Å². The van der Waals surface area contributed by atoms with E-state index in [0.29, 0.717) is 17.4 Å². The van der Waals surface area contributed by atoms with Gasteiger partial charge < -0.3 is 24.1 Å². The molecule has 0 spiro atoms. The Balaban J connectivity index is 1.13. The topological polar surface area (TPSA) is 86.6 Å². The van der Waals surface area contributed by atoms with Gasteiger partial charge >= 0.3 is 0 Å². The van der Waals surface area contributed by atoms with Gasteiger partial charge in [-0.1, -0.05) is 18.2 Å². The molecule has 3 aliphatic heterocycles. The van der Waals surface area contributed by atoms with Gasteiger partial charge in [-0.25, -0.2) is 4.98 Å². The number of nitrogens with zero attached hydrogens (tertiary/aromatic N) is 4. The van der Waals surface area contributed by atoms with E-state index in [4.69, 9.17) is 14.2 Å². The average molecular weight is 522 g/mol. The van der Waals surface area contributed by atoms with Gasteiger partial charge in [-0.3, -0.25) is 4.90 Å². The highest BCUT2D eigenvalue weighted by Gasteiger charge is 2.33. The van der Waals surface area contributed by atoms with Crippen LogP contribution in [0, 0.1) is 11.3 Å². The molecule has 8 heteroatoms. The van der Waals surface area contributed by atoms with Crippen LogP contribution < -0.4 is 9.64 Å². The van der Waals surface area contributed by atoms with E-state index in [0.717, 1.165) is 92.4 Å². The first-order chi connectivity index (χ1) is 19.2. The van der Waals surface area contributed by atoms with Gasteiger partial charge in [0.25, 0.3) is 0 Å². The number of fused-ring (bicyclic) bond motifs is 1. The smallest absolute Gasteiger partial charge is 0.138 e. The Morgan fingerprint density at radius 3 is 2.54 bits per heavy atom. The molecular formula is C31H31N5O3. The number of likely N-dealkylation sites (tertiary alicyclic amines) is 1. The van der Waals surface area contributed by atoms with Gasteiger partial charge in [0.15, 0.2) is 0 Å². The van der Waals surface area contributed by atoms with E-state index in [2.05, 4.69) is 56.2 Å². The van der Waals surface area contributed by atoms with Crippen LogP contribution in [0.3, 0.4) is 0 Å². The zero-order chi connectivity index (χ0) is 26.2. The van der Waals surface area contributed by atoms with E-state index >= 15 is 0 Å². The van der Waals surface area contributed by atoms with Crippen LogP contribution in [-0.4, -0.2) is 79.6 Å². The van der Waals surface area contributed by atoms with E-state index in [1.54, 1.807) is 0 Å². The van der Waals surface area contributed by atoms with Crippen LogP contribution >= 0.6 is 0 Å². The molecule has 2 aromatic heterocycles. The number of nitrogens with one attached hydrogen (secondary N) is 1. The minimum absolute atomic E-state index is 0.0954. The molecule has 0 saturated carbocycles. The standard InChI is InChI=1S/C31H31N5O3/c32-17-23-15-22(3-6-30(23)39-26-8-10-36(18-26)25-19-38-20-25)27-7-9-33-31-28(27)16-29(34-31)21-1-4-24(5-2-21)35-11-13-37-14-12-35/h1-7,9,15-16,25-26H,8,10-14,18-20H2,(H,33,34). The number of hydrogen-bond donors (Lipinski definition) is 1. The number of benzene rings is 2. The second kappa shape index (κ2) is 10.3. The summed E-state index contributed by atoms with van der Waals surface area (Å²) in [7, 11) is 0. The predicted molar refractivity (Wildman–Crippen MR) is 150 cm³/mol. The van der Waals surface area contributed by atoms with Gasteiger partial charge in [-0.15, -0.1) is 0 Å². The summed E-state index contributed by atoms with van der Waals surface area (Å²) in [4.78, 5) is 12.9. The number of aromatic amines is 1. The van der Waals surface area contributed by atoms with Crippen LogP contribution in [0.25, 0.3) is 33.4 Å². The second-order valence-electron chi connectivity index (χ2n) is 10.5. The number of aromatic nitrogens is 2. The molecule has 3 fully saturated rings. The Morgan fingerprint density at radius 2 is 1.77 bits per heavy atom. The average Bonchev–Trinajstić information content (AvgIpc) is 3.60. The van der Waals surface area contributed by atoms with Gasteiger partial charge in [0.2, 0.25) is 0 Å². The molecule has 5 heterocycles. The molecule has 0 amide bonds. The summed E-state index contributed by atoms with van der Waals surface area (Å²) in [6.45, 7) is 6.90. The first kappa shape index (κ1) is 24.2. The molecule has 0 aliphatic carbocycles. The third-order valence-electron chi connectivity index (χ3n) is 8.10. The van der Waals surface area contributed by atoms with Crippen molar-refractivity contribution in [3.05, 3.63) is 66.4 Å². The summed E-state index contributed by atoms with van der Waals surface area (Å²) in [5, 5.41) is 11.0. The van der Waals surface area contributed by atoms with Gasteiger partial charge in [0.05, 0.1) is 38.0 Å². The third kappa shape index (κ3) is 4.74. The monoisotopic (exact) mass is 521 g/mol. The van der Waals surface area contributed by atoms with E-state index in [1.165, 1.54) is 5.69 Å². The molecule has 3 saturated heterocycles. The third-order valence-corrected chi connectivity index (χ3v) is 8.10. The summed E-state index contributed by atoms with van der Waals surface area (Å²) in [5.41, 5.74) is 6.72. The van der Waals surface area contributed by atoms with Crippen molar-refractivity contribution in [2.45, 2.75) is 18.6 Å². The molecule has 39 heavy (non-hydrogen) atoms. The number of anilines is 1. The summed E-state index contributed by atoms with van der Waals surface area (Å²) in [6, 6.07) is 21.6. The number of nitriles is 1. The van der Waals surface area contributed by atoms with Crippen molar-refractivity contribution >= 4 is 16.7 Å². The van der Waals surface area contributed by atoms with Crippen molar-refractivity contribution in [1.82, 2.24) is 14.9 Å². The van der Waals surface area contributed by atoms with E-state index in [1.807, 2.05) is 30.5 Å². The number of rotatable bonds is 6. The van der Waals surface area contributed by atoms with Crippen molar-refractivity contribution < 1.29 is 14.2 Å². The minimum atomic E-state index is 0.0954. The number of hydrogen-bond acceptors (Lipinski definition) is 7. The fraction of sp³-hybridized carbons (Fsp3) is 0.355. The summed E-state index contributed by atoms with van der Waals surface area (Å²) in [6.07, 6.45) is 2.87. The van der Waals surface area contributed by atoms with Crippen molar-refractivity contribution in [1.29, 1.82) is 5.26 Å². The number of H-pyrrole nitrogens is 1. The Bertz CT molecular complexity index is 1520. The quantitative estimate of drug-likeness (QED) is 0.401. The molecule has 0 bridgehead atoms. The van der Waals surface area contributed by atoms with Crippen LogP contribution in [0.15, 0.2) is 60.8 Å². The van der Waals surface area contributed by atoms with Crippen LogP contribution in [-0.2, 0) is 9.47 Å². The maximum Gasteiger partial charge on any atom is 0.138 e. The number of morpholine rings is 1. The number of pyridine rings is 1. The van der Waals surface area contributed by atoms with Gasteiger partial charge in [0.1, 0.15) is 23.6 Å². The SMILES string of the molecule is N#Cc1cc(-c2ccnc3[nH]c(-c4ccc(N5CCOCC5)cc4)cc23)ccc1OC1CCN(C2COC2)C1. The highest BCUT2D eigenvalue weighted by Crippen LogP contribution is 2.35. The molecule has 1 atom stereocenters. The molecule has 2 aromatic carbocycles. The van der Waals surface area contributed by atoms with Crippen LogP contribution in [0.1, 0.15) is 12.0 Å². The molecule has 0 radical (unpaired) electrons. The summed E-state index contributed by atoms with van der Waals surface area (Å²) < 4.78 is 17.1. The highest BCUT2D eigenvalue weighted by atomic mass is 16.5. The van der Waals surface area contributed by atoms with Crippen LogP contribution in [0.4, 0.5) is 5.69 Å². The van der Waals surface area contributed by atoms with Crippen molar-refractivity contribution in [3.8, 4) is 34.2 Å². The van der Waals surface area contributed by atoms with Gasteiger partial charge in [-0.2, -0.15) is 5.26 Å². The maximum absolute atomic E-state index is 9.95. The Kier molecular flexibility index (Phi) is 6.41. The zero-order valence-corrected chi connectivity index (χ0v) is 21.8. The summed E-state index contributed by atoms with van der Waals surface area (Å²) >= 11 is 0. The van der Waals surface area contributed by atoms with Crippen LogP contribution in [0.5, 0.6) is 5.75 Å². The van der Waals surface area contributed by atoms with Crippen molar-refractivity contribution in [2.24, 2.45) is 0 Å². The van der Waals surface area contributed by atoms with E-state index in [9.17, 15) is 5.26 Å². The maximum atomic E-state index is 9.95. The van der Waals surface area contributed by atoms with Gasteiger partial charge in [-0.05, 0) is 59.5 Å². The zero-order valence-electron chi connectivity index (χ0n) is 21.8. The predicted octanol–water partition coefficient (Wildman–Crippen LogP) is 4.46. The lowest BCUT2D eigenvalue weighted by atomic mass is 10.0. The van der Waals surface area contributed by atoms with E-state index < -0.39 is 0 Å². The number of ether oxygens (including phenoxy) is 3. The van der Waals surface area contributed by atoms with Crippen LogP contribution in [0.2, 0.25) is 0 Å². The molecule has 1 N–H and O–H groups in total. The summed E-state index contributed by atoms with van der Waals surface area (Å²) in [5.74, 6) is 0.651. The first-order valence-electron chi connectivity index (χ1n) is 13.7. The lowest BCUT2D eigenvalue weighted by molar-refractivity contribution is -0.0592. The van der Waals surface area contributed by atoms with Gasteiger partial charge in [0, 0.05) is 49.1 Å². The fourth-order valence-electron chi connectivity index (χ4n) is 5.79. The molecule has 3 aliphatic rings. The van der Waals surface area contributed by atoms with Crippen molar-refractivity contribution in [3.63, 3.8) is 0 Å². The van der Waals surface area contributed by atoms with Crippen molar-refractivity contribution in [2.75, 3.05) is 57.5 Å². The normalized spacial score (nSPS) is 20.2.